The lowest BCUT2D eigenvalue weighted by Gasteiger charge is -2.18. The van der Waals surface area contributed by atoms with Gasteiger partial charge < -0.3 is 10.8 Å². The average molecular weight is 259 g/mol. The Balaban J connectivity index is 2.26. The number of para-hydroxylation sites is 1. The van der Waals surface area contributed by atoms with Gasteiger partial charge >= 0.3 is 5.97 Å². The van der Waals surface area contributed by atoms with Crippen molar-refractivity contribution in [1.29, 1.82) is 0 Å². The Morgan fingerprint density at radius 1 is 1.42 bits per heavy atom. The fourth-order valence-electron chi connectivity index (χ4n) is 1.82. The first-order valence-electron chi connectivity index (χ1n) is 6.01. The monoisotopic (exact) mass is 259 g/mol. The van der Waals surface area contributed by atoms with E-state index in [2.05, 4.69) is 5.10 Å². The molecule has 2 rings (SSSR count). The van der Waals surface area contributed by atoms with Crippen molar-refractivity contribution >= 4 is 11.7 Å². The van der Waals surface area contributed by atoms with Crippen LogP contribution in [-0.2, 0) is 11.3 Å². The van der Waals surface area contributed by atoms with Crippen molar-refractivity contribution in [2.45, 2.75) is 20.4 Å². The third kappa shape index (κ3) is 2.76. The Morgan fingerprint density at radius 2 is 2.11 bits per heavy atom. The van der Waals surface area contributed by atoms with Crippen LogP contribution in [0.2, 0.25) is 0 Å². The van der Waals surface area contributed by atoms with E-state index in [1.54, 1.807) is 24.7 Å². The van der Waals surface area contributed by atoms with Gasteiger partial charge in [-0.2, -0.15) is 5.10 Å². The van der Waals surface area contributed by atoms with E-state index in [0.717, 1.165) is 11.1 Å². The second-order valence-electron chi connectivity index (χ2n) is 5.20. The maximum absolute atomic E-state index is 11.1. The zero-order valence-electron chi connectivity index (χ0n) is 11.0. The van der Waals surface area contributed by atoms with Gasteiger partial charge in [0.05, 0.1) is 18.2 Å². The van der Waals surface area contributed by atoms with Crippen molar-refractivity contribution in [2.75, 3.05) is 5.73 Å². The molecule has 0 unspecified atom stereocenters. The number of anilines is 1. The molecule has 2 aromatic rings. The molecule has 100 valence electrons. The SMILES string of the molecule is CC(C)(Cn1cc(-c2ccccc2N)cn1)C(=O)O. The van der Waals surface area contributed by atoms with Crippen molar-refractivity contribution < 1.29 is 9.90 Å². The van der Waals surface area contributed by atoms with Gasteiger partial charge in [0.1, 0.15) is 0 Å². The number of rotatable bonds is 4. The number of aliphatic carboxylic acids is 1. The minimum Gasteiger partial charge on any atom is -0.481 e. The van der Waals surface area contributed by atoms with Gasteiger partial charge in [0, 0.05) is 23.0 Å². The Hall–Kier alpha value is -2.30. The zero-order valence-corrected chi connectivity index (χ0v) is 11.0. The summed E-state index contributed by atoms with van der Waals surface area (Å²) in [5.41, 5.74) is 7.52. The lowest BCUT2D eigenvalue weighted by Crippen LogP contribution is -2.29. The molecule has 0 aliphatic carbocycles. The van der Waals surface area contributed by atoms with Crippen LogP contribution < -0.4 is 5.73 Å². The van der Waals surface area contributed by atoms with Crippen LogP contribution in [0.25, 0.3) is 11.1 Å². The number of nitrogens with two attached hydrogens (primary N) is 1. The van der Waals surface area contributed by atoms with Crippen molar-refractivity contribution in [1.82, 2.24) is 9.78 Å². The summed E-state index contributed by atoms with van der Waals surface area (Å²) in [5.74, 6) is -0.844. The average Bonchev–Trinajstić information content (AvgIpc) is 2.77. The molecule has 5 heteroatoms. The van der Waals surface area contributed by atoms with Crippen LogP contribution in [0, 0.1) is 5.41 Å². The molecule has 0 amide bonds. The highest BCUT2D eigenvalue weighted by Crippen LogP contribution is 2.26. The molecule has 0 bridgehead atoms. The molecule has 5 nitrogen and oxygen atoms in total. The normalized spacial score (nSPS) is 11.5. The number of carbonyl (C=O) groups is 1. The van der Waals surface area contributed by atoms with Crippen molar-refractivity contribution in [3.8, 4) is 11.1 Å². The van der Waals surface area contributed by atoms with E-state index >= 15 is 0 Å². The molecule has 0 radical (unpaired) electrons. The maximum atomic E-state index is 11.1. The van der Waals surface area contributed by atoms with Crippen molar-refractivity contribution in [3.63, 3.8) is 0 Å². The first-order valence-corrected chi connectivity index (χ1v) is 6.01. The fraction of sp³-hybridized carbons (Fsp3) is 0.286. The van der Waals surface area contributed by atoms with Crippen LogP contribution in [0.4, 0.5) is 5.69 Å². The molecular weight excluding hydrogens is 242 g/mol. The molecule has 0 saturated carbocycles. The number of nitrogen functional groups attached to an aromatic ring is 1. The van der Waals surface area contributed by atoms with Crippen LogP contribution in [0.3, 0.4) is 0 Å². The van der Waals surface area contributed by atoms with Gasteiger partial charge in [-0.15, -0.1) is 0 Å². The van der Waals surface area contributed by atoms with Gasteiger partial charge in [-0.3, -0.25) is 9.48 Å². The first kappa shape index (κ1) is 13.1. The van der Waals surface area contributed by atoms with Crippen LogP contribution >= 0.6 is 0 Å². The van der Waals surface area contributed by atoms with Gasteiger partial charge in [-0.1, -0.05) is 18.2 Å². The molecule has 19 heavy (non-hydrogen) atoms. The largest absolute Gasteiger partial charge is 0.481 e. The molecule has 0 spiro atoms. The smallest absolute Gasteiger partial charge is 0.310 e. The fourth-order valence-corrected chi connectivity index (χ4v) is 1.82. The molecule has 1 aromatic heterocycles. The predicted octanol–water partition coefficient (Wildman–Crippen LogP) is 2.24. The number of benzene rings is 1. The van der Waals surface area contributed by atoms with Crippen LogP contribution in [0.15, 0.2) is 36.7 Å². The van der Waals surface area contributed by atoms with E-state index in [4.69, 9.17) is 10.8 Å². The molecular formula is C14H17N3O2. The Labute approximate surface area is 111 Å². The molecule has 0 aliphatic heterocycles. The van der Waals surface area contributed by atoms with Gasteiger partial charge in [-0.25, -0.2) is 0 Å². The lowest BCUT2D eigenvalue weighted by molar-refractivity contribution is -0.147. The molecule has 0 atom stereocenters. The first-order chi connectivity index (χ1) is 8.90. The summed E-state index contributed by atoms with van der Waals surface area (Å²) in [6.45, 7) is 3.66. The van der Waals surface area contributed by atoms with E-state index in [-0.39, 0.29) is 0 Å². The van der Waals surface area contributed by atoms with E-state index in [1.165, 1.54) is 0 Å². The Morgan fingerprint density at radius 3 is 2.74 bits per heavy atom. The predicted molar refractivity (Wildman–Crippen MR) is 73.5 cm³/mol. The van der Waals surface area contributed by atoms with Crippen molar-refractivity contribution in [2.24, 2.45) is 5.41 Å². The summed E-state index contributed by atoms with van der Waals surface area (Å²) in [6, 6.07) is 7.52. The Bertz CT molecular complexity index is 602. The third-order valence-electron chi connectivity index (χ3n) is 3.04. The second-order valence-corrected chi connectivity index (χ2v) is 5.20. The molecule has 1 heterocycles. The van der Waals surface area contributed by atoms with Gasteiger partial charge in [-0.05, 0) is 19.9 Å². The topological polar surface area (TPSA) is 81.1 Å². The van der Waals surface area contributed by atoms with Crippen molar-refractivity contribution in [3.05, 3.63) is 36.7 Å². The number of nitrogens with zero attached hydrogens (tertiary/aromatic N) is 2. The van der Waals surface area contributed by atoms with Crippen LogP contribution in [0.1, 0.15) is 13.8 Å². The molecule has 0 aliphatic rings. The Kier molecular flexibility index (Phi) is 3.29. The highest BCUT2D eigenvalue weighted by atomic mass is 16.4. The van der Waals surface area contributed by atoms with Gasteiger partial charge in [0.2, 0.25) is 0 Å². The summed E-state index contributed by atoms with van der Waals surface area (Å²) in [4.78, 5) is 11.1. The molecule has 0 saturated heterocycles. The van der Waals surface area contributed by atoms with Gasteiger partial charge in [0.15, 0.2) is 0 Å². The number of aromatic nitrogens is 2. The summed E-state index contributed by atoms with van der Waals surface area (Å²) in [7, 11) is 0. The zero-order chi connectivity index (χ0) is 14.0. The van der Waals surface area contributed by atoms with Crippen LogP contribution in [-0.4, -0.2) is 20.9 Å². The summed E-state index contributed by atoms with van der Waals surface area (Å²) in [5, 5.41) is 13.3. The number of carboxylic acids is 1. The van der Waals surface area contributed by atoms with Gasteiger partial charge in [0.25, 0.3) is 0 Å². The molecule has 1 aromatic carbocycles. The maximum Gasteiger partial charge on any atom is 0.310 e. The highest BCUT2D eigenvalue weighted by Gasteiger charge is 2.28. The standard InChI is InChI=1S/C14H17N3O2/c1-14(2,13(18)19)9-17-8-10(7-16-17)11-5-3-4-6-12(11)15/h3-8H,9,15H2,1-2H3,(H,18,19). The van der Waals surface area contributed by atoms with E-state index in [1.807, 2.05) is 30.5 Å². The molecule has 3 N–H and O–H groups in total. The molecule has 0 fully saturated rings. The number of carboxylic acid groups (broad SMARTS) is 1. The third-order valence-corrected chi connectivity index (χ3v) is 3.04. The number of hydrogen-bond acceptors (Lipinski definition) is 3. The second kappa shape index (κ2) is 4.76. The summed E-state index contributed by atoms with van der Waals surface area (Å²) >= 11 is 0. The quantitative estimate of drug-likeness (QED) is 0.825. The van der Waals surface area contributed by atoms with E-state index in [9.17, 15) is 4.79 Å². The van der Waals surface area contributed by atoms with E-state index in [0.29, 0.717) is 12.2 Å². The number of hydrogen-bond donors (Lipinski definition) is 2. The minimum atomic E-state index is -0.856. The summed E-state index contributed by atoms with van der Waals surface area (Å²) in [6.07, 6.45) is 3.51. The van der Waals surface area contributed by atoms with E-state index < -0.39 is 11.4 Å². The van der Waals surface area contributed by atoms with Crippen LogP contribution in [0.5, 0.6) is 0 Å². The minimum absolute atomic E-state index is 0.315. The lowest BCUT2D eigenvalue weighted by atomic mass is 9.94. The summed E-state index contributed by atoms with van der Waals surface area (Å²) < 4.78 is 1.63. The highest BCUT2D eigenvalue weighted by molar-refractivity contribution is 5.75.